The number of rotatable bonds is 6. The molecule has 1 heterocycles. The van der Waals surface area contributed by atoms with Crippen molar-refractivity contribution in [2.24, 2.45) is 5.41 Å². The highest BCUT2D eigenvalue weighted by Crippen LogP contribution is 2.25. The zero-order valence-corrected chi connectivity index (χ0v) is 14.0. The van der Waals surface area contributed by atoms with Gasteiger partial charge in [0.05, 0.1) is 5.41 Å². The highest BCUT2D eigenvalue weighted by atomic mass is 35.5. The summed E-state index contributed by atoms with van der Waals surface area (Å²) in [4.78, 5) is 14.4. The quantitative estimate of drug-likeness (QED) is 0.784. The van der Waals surface area contributed by atoms with Crippen LogP contribution in [0.5, 0.6) is 0 Å². The van der Waals surface area contributed by atoms with E-state index in [-0.39, 0.29) is 36.1 Å². The van der Waals surface area contributed by atoms with Crippen LogP contribution in [0.25, 0.3) is 0 Å². The number of piperidine rings is 1. The third-order valence-corrected chi connectivity index (χ3v) is 3.75. The van der Waals surface area contributed by atoms with Crippen LogP contribution in [0, 0.1) is 5.41 Å². The van der Waals surface area contributed by atoms with Gasteiger partial charge in [-0.25, -0.2) is 0 Å². The van der Waals surface area contributed by atoms with Gasteiger partial charge in [0.25, 0.3) is 0 Å². The van der Waals surface area contributed by atoms with E-state index in [2.05, 4.69) is 36.3 Å². The summed E-state index contributed by atoms with van der Waals surface area (Å²) in [6, 6.07) is 0. The molecule has 6 heteroatoms. The van der Waals surface area contributed by atoms with Crippen LogP contribution in [0.15, 0.2) is 0 Å². The van der Waals surface area contributed by atoms with Crippen molar-refractivity contribution >= 4 is 30.7 Å². The monoisotopic (exact) mass is 313 g/mol. The number of hydrogen-bond acceptors (Lipinski definition) is 3. The number of carbonyl (C=O) groups excluding carboxylic acids is 1. The van der Waals surface area contributed by atoms with E-state index in [1.807, 2.05) is 0 Å². The lowest BCUT2D eigenvalue weighted by atomic mass is 9.82. The van der Waals surface area contributed by atoms with Crippen LogP contribution < -0.4 is 10.6 Å². The summed E-state index contributed by atoms with van der Waals surface area (Å²) in [5, 5.41) is 6.38. The predicted octanol–water partition coefficient (Wildman–Crippen LogP) is 1.68. The van der Waals surface area contributed by atoms with Crippen molar-refractivity contribution in [2.75, 3.05) is 39.3 Å². The molecule has 116 valence electrons. The molecule has 0 aliphatic carbocycles. The fourth-order valence-electron chi connectivity index (χ4n) is 2.33. The molecule has 1 saturated heterocycles. The van der Waals surface area contributed by atoms with Gasteiger partial charge in [0.15, 0.2) is 0 Å². The first-order chi connectivity index (χ1) is 8.12. The average Bonchev–Trinajstić information content (AvgIpc) is 2.35. The molecule has 19 heavy (non-hydrogen) atoms. The molecule has 1 fully saturated rings. The molecule has 1 aliphatic rings. The third-order valence-electron chi connectivity index (χ3n) is 3.75. The summed E-state index contributed by atoms with van der Waals surface area (Å²) < 4.78 is 0. The Bertz CT molecular complexity index is 242. The molecular formula is C13H29Cl2N3O. The van der Waals surface area contributed by atoms with Crippen molar-refractivity contribution in [3.05, 3.63) is 0 Å². The SMILES string of the molecule is CCN(CC)CCNC(=O)C1(C)CCCNC1.Cl.Cl. The molecule has 0 aromatic rings. The Balaban J connectivity index is 0. The van der Waals surface area contributed by atoms with E-state index in [4.69, 9.17) is 0 Å². The van der Waals surface area contributed by atoms with Gasteiger partial charge in [-0.05, 0) is 39.4 Å². The molecule has 1 amide bonds. The van der Waals surface area contributed by atoms with Gasteiger partial charge >= 0.3 is 0 Å². The average molecular weight is 314 g/mol. The van der Waals surface area contributed by atoms with Gasteiger partial charge in [-0.15, -0.1) is 24.8 Å². The molecule has 4 nitrogen and oxygen atoms in total. The van der Waals surface area contributed by atoms with E-state index < -0.39 is 0 Å². The van der Waals surface area contributed by atoms with E-state index in [1.54, 1.807) is 0 Å². The first kappa shape index (κ1) is 21.3. The van der Waals surface area contributed by atoms with Crippen molar-refractivity contribution < 1.29 is 4.79 Å². The van der Waals surface area contributed by atoms with Gasteiger partial charge < -0.3 is 15.5 Å². The standard InChI is InChI=1S/C13H27N3O.2ClH/c1-4-16(5-2)10-9-15-12(17)13(3)7-6-8-14-11-13;;/h14H,4-11H2,1-3H3,(H,15,17);2*1H. The fourth-order valence-corrected chi connectivity index (χ4v) is 2.33. The summed E-state index contributed by atoms with van der Waals surface area (Å²) >= 11 is 0. The smallest absolute Gasteiger partial charge is 0.227 e. The molecule has 0 bridgehead atoms. The first-order valence-corrected chi connectivity index (χ1v) is 6.83. The fraction of sp³-hybridized carbons (Fsp3) is 0.923. The molecule has 0 spiro atoms. The predicted molar refractivity (Wildman–Crippen MR) is 85.5 cm³/mol. The summed E-state index contributed by atoms with van der Waals surface area (Å²) in [6.07, 6.45) is 2.09. The van der Waals surface area contributed by atoms with Gasteiger partial charge in [-0.3, -0.25) is 4.79 Å². The minimum atomic E-state index is -0.207. The van der Waals surface area contributed by atoms with Crippen molar-refractivity contribution in [2.45, 2.75) is 33.6 Å². The minimum absolute atomic E-state index is 0. The number of carbonyl (C=O) groups is 1. The van der Waals surface area contributed by atoms with E-state index >= 15 is 0 Å². The normalized spacial score (nSPS) is 22.3. The lowest BCUT2D eigenvalue weighted by molar-refractivity contribution is -0.131. The van der Waals surface area contributed by atoms with E-state index in [0.717, 1.165) is 52.1 Å². The molecule has 1 unspecified atom stereocenters. The summed E-state index contributed by atoms with van der Waals surface area (Å²) in [7, 11) is 0. The Morgan fingerprint density at radius 1 is 1.32 bits per heavy atom. The highest BCUT2D eigenvalue weighted by Gasteiger charge is 2.34. The number of hydrogen-bond donors (Lipinski definition) is 2. The van der Waals surface area contributed by atoms with Crippen LogP contribution >= 0.6 is 24.8 Å². The number of halogens is 2. The van der Waals surface area contributed by atoms with E-state index in [9.17, 15) is 4.79 Å². The summed E-state index contributed by atoms with van der Waals surface area (Å²) in [5.74, 6) is 0.205. The highest BCUT2D eigenvalue weighted by molar-refractivity contribution is 5.85. The molecule has 0 aromatic carbocycles. The number of nitrogens with zero attached hydrogens (tertiary/aromatic N) is 1. The molecule has 1 rings (SSSR count). The van der Waals surface area contributed by atoms with Gasteiger partial charge in [-0.1, -0.05) is 13.8 Å². The van der Waals surface area contributed by atoms with Crippen molar-refractivity contribution in [3.63, 3.8) is 0 Å². The van der Waals surface area contributed by atoms with Gasteiger partial charge in [0.2, 0.25) is 5.91 Å². The molecule has 1 atom stereocenters. The van der Waals surface area contributed by atoms with Crippen LogP contribution in [0.2, 0.25) is 0 Å². The second-order valence-corrected chi connectivity index (χ2v) is 5.12. The van der Waals surface area contributed by atoms with Crippen LogP contribution in [0.4, 0.5) is 0 Å². The molecular weight excluding hydrogens is 285 g/mol. The lowest BCUT2D eigenvalue weighted by Gasteiger charge is -2.33. The second kappa shape index (κ2) is 10.7. The summed E-state index contributed by atoms with van der Waals surface area (Å²) in [5.41, 5.74) is -0.207. The van der Waals surface area contributed by atoms with Gasteiger partial charge in [0.1, 0.15) is 0 Å². The maximum absolute atomic E-state index is 12.1. The van der Waals surface area contributed by atoms with Crippen LogP contribution in [-0.4, -0.2) is 50.1 Å². The number of amides is 1. The zero-order valence-electron chi connectivity index (χ0n) is 12.3. The third kappa shape index (κ3) is 6.80. The van der Waals surface area contributed by atoms with Crippen molar-refractivity contribution in [1.29, 1.82) is 0 Å². The molecule has 0 saturated carbocycles. The molecule has 0 radical (unpaired) electrons. The van der Waals surface area contributed by atoms with Crippen LogP contribution in [-0.2, 0) is 4.79 Å². The van der Waals surface area contributed by atoms with Gasteiger partial charge in [-0.2, -0.15) is 0 Å². The van der Waals surface area contributed by atoms with E-state index in [0.29, 0.717) is 0 Å². The number of likely N-dealkylation sites (N-methyl/N-ethyl adjacent to an activating group) is 1. The van der Waals surface area contributed by atoms with Crippen molar-refractivity contribution in [3.8, 4) is 0 Å². The zero-order chi connectivity index (χ0) is 12.7. The first-order valence-electron chi connectivity index (χ1n) is 6.83. The molecule has 1 aliphatic heterocycles. The van der Waals surface area contributed by atoms with Crippen LogP contribution in [0.1, 0.15) is 33.6 Å². The van der Waals surface area contributed by atoms with Crippen LogP contribution in [0.3, 0.4) is 0 Å². The largest absolute Gasteiger partial charge is 0.354 e. The van der Waals surface area contributed by atoms with Crippen molar-refractivity contribution in [1.82, 2.24) is 15.5 Å². The second-order valence-electron chi connectivity index (χ2n) is 5.12. The Hall–Kier alpha value is -0.0300. The van der Waals surface area contributed by atoms with Gasteiger partial charge in [0, 0.05) is 19.6 Å². The number of nitrogens with one attached hydrogen (secondary N) is 2. The molecule has 0 aromatic heterocycles. The summed E-state index contributed by atoms with van der Waals surface area (Å²) in [6.45, 7) is 12.0. The maximum atomic E-state index is 12.1. The lowest BCUT2D eigenvalue weighted by Crippen LogP contribution is -2.49. The van der Waals surface area contributed by atoms with E-state index in [1.165, 1.54) is 0 Å². The Morgan fingerprint density at radius 3 is 2.42 bits per heavy atom. The Labute approximate surface area is 129 Å². The topological polar surface area (TPSA) is 44.4 Å². The molecule has 2 N–H and O–H groups in total. The minimum Gasteiger partial charge on any atom is -0.354 e. The Kier molecular flexibility index (Phi) is 12.0. The maximum Gasteiger partial charge on any atom is 0.227 e. The Morgan fingerprint density at radius 2 is 1.95 bits per heavy atom.